The van der Waals surface area contributed by atoms with Crippen molar-refractivity contribution in [2.45, 2.75) is 25.7 Å². The predicted molar refractivity (Wildman–Crippen MR) is 105 cm³/mol. The van der Waals surface area contributed by atoms with Crippen LogP contribution in [0, 0.1) is 20.8 Å². The largest absolute Gasteiger partial charge is 0.360 e. The average molecular weight is 431 g/mol. The standard InChI is InChI=1S/C19H21N5O5S/c1-12-17(13(2)28-21-12)30(26,27)24-10-8-23(9-11-24)19(25)16-6-4-15(5-7-16)18-20-14(3)29-22-18/h4-7H,8-11H2,1-3H3. The molecule has 3 heterocycles. The first-order chi connectivity index (χ1) is 14.3. The molecule has 0 N–H and O–H groups in total. The molecule has 0 atom stereocenters. The molecular formula is C19H21N5O5S. The summed E-state index contributed by atoms with van der Waals surface area (Å²) in [4.78, 5) is 18.7. The lowest BCUT2D eigenvalue weighted by atomic mass is 10.1. The van der Waals surface area contributed by atoms with E-state index < -0.39 is 10.0 Å². The Labute approximate surface area is 173 Å². The smallest absolute Gasteiger partial charge is 0.253 e. The van der Waals surface area contributed by atoms with Gasteiger partial charge in [-0.25, -0.2) is 8.42 Å². The van der Waals surface area contributed by atoms with E-state index >= 15 is 0 Å². The number of nitrogens with zero attached hydrogens (tertiary/aromatic N) is 5. The SMILES string of the molecule is Cc1nc(-c2ccc(C(=O)N3CCN(S(=O)(=O)c4c(C)noc4C)CC3)cc2)no1. The zero-order chi connectivity index (χ0) is 21.5. The number of sulfonamides is 1. The van der Waals surface area contributed by atoms with Gasteiger partial charge in [0.15, 0.2) is 5.76 Å². The van der Waals surface area contributed by atoms with Crippen molar-refractivity contribution in [1.29, 1.82) is 0 Å². The highest BCUT2D eigenvalue weighted by atomic mass is 32.2. The quantitative estimate of drug-likeness (QED) is 0.613. The lowest BCUT2D eigenvalue weighted by Gasteiger charge is -2.34. The molecule has 0 unspecified atom stereocenters. The summed E-state index contributed by atoms with van der Waals surface area (Å²) >= 11 is 0. The summed E-state index contributed by atoms with van der Waals surface area (Å²) < 4.78 is 37.2. The van der Waals surface area contributed by atoms with Crippen molar-refractivity contribution in [2.75, 3.05) is 26.2 Å². The maximum absolute atomic E-state index is 12.9. The van der Waals surface area contributed by atoms with E-state index in [0.717, 1.165) is 5.56 Å². The summed E-state index contributed by atoms with van der Waals surface area (Å²) in [5.41, 5.74) is 1.60. The van der Waals surface area contributed by atoms with Gasteiger partial charge in [0, 0.05) is 44.2 Å². The van der Waals surface area contributed by atoms with Crippen LogP contribution in [0.3, 0.4) is 0 Å². The van der Waals surface area contributed by atoms with Crippen LogP contribution in [0.1, 0.15) is 27.7 Å². The fourth-order valence-corrected chi connectivity index (χ4v) is 5.18. The van der Waals surface area contributed by atoms with Crippen LogP contribution in [-0.4, -0.2) is 65.0 Å². The Morgan fingerprint density at radius 3 is 2.17 bits per heavy atom. The van der Waals surface area contributed by atoms with Crippen molar-refractivity contribution in [2.24, 2.45) is 0 Å². The molecule has 158 valence electrons. The number of carbonyl (C=O) groups is 1. The number of hydrogen-bond acceptors (Lipinski definition) is 8. The first-order valence-electron chi connectivity index (χ1n) is 9.40. The number of carbonyl (C=O) groups excluding carboxylic acids is 1. The third kappa shape index (κ3) is 3.61. The third-order valence-corrected chi connectivity index (χ3v) is 7.15. The van der Waals surface area contributed by atoms with Crippen molar-refractivity contribution in [3.8, 4) is 11.4 Å². The summed E-state index contributed by atoms with van der Waals surface area (Å²) in [5, 5.41) is 7.59. The number of benzene rings is 1. The molecular weight excluding hydrogens is 410 g/mol. The number of aryl methyl sites for hydroxylation is 3. The van der Waals surface area contributed by atoms with Crippen LogP contribution >= 0.6 is 0 Å². The van der Waals surface area contributed by atoms with Gasteiger partial charge in [-0.15, -0.1) is 0 Å². The maximum atomic E-state index is 12.9. The van der Waals surface area contributed by atoms with E-state index in [1.54, 1.807) is 49.9 Å². The van der Waals surface area contributed by atoms with Crippen molar-refractivity contribution in [3.63, 3.8) is 0 Å². The Morgan fingerprint density at radius 2 is 1.63 bits per heavy atom. The van der Waals surface area contributed by atoms with Gasteiger partial charge in [0.05, 0.1) is 0 Å². The Kier molecular flexibility index (Phi) is 5.16. The Hall–Kier alpha value is -3.05. The zero-order valence-electron chi connectivity index (χ0n) is 16.8. The summed E-state index contributed by atoms with van der Waals surface area (Å²) in [6.07, 6.45) is 0. The fourth-order valence-electron chi connectivity index (χ4n) is 3.46. The highest BCUT2D eigenvalue weighted by Gasteiger charge is 2.34. The minimum atomic E-state index is -3.71. The van der Waals surface area contributed by atoms with Crippen molar-refractivity contribution < 1.29 is 22.3 Å². The molecule has 1 amide bonds. The van der Waals surface area contributed by atoms with E-state index in [1.165, 1.54) is 4.31 Å². The lowest BCUT2D eigenvalue weighted by Crippen LogP contribution is -2.50. The fraction of sp³-hybridized carbons (Fsp3) is 0.368. The first-order valence-corrected chi connectivity index (χ1v) is 10.8. The van der Waals surface area contributed by atoms with Gasteiger partial charge in [-0.2, -0.15) is 9.29 Å². The van der Waals surface area contributed by atoms with E-state index in [2.05, 4.69) is 15.3 Å². The summed E-state index contributed by atoms with van der Waals surface area (Å²) in [6.45, 7) is 5.89. The Bertz CT molecular complexity index is 1150. The van der Waals surface area contributed by atoms with E-state index in [4.69, 9.17) is 9.05 Å². The molecule has 1 fully saturated rings. The molecule has 1 aromatic carbocycles. The van der Waals surface area contributed by atoms with Gasteiger partial charge in [0.25, 0.3) is 5.91 Å². The number of rotatable bonds is 4. The van der Waals surface area contributed by atoms with Crippen LogP contribution in [0.15, 0.2) is 38.2 Å². The number of piperazine rings is 1. The van der Waals surface area contributed by atoms with Crippen LogP contribution < -0.4 is 0 Å². The third-order valence-electron chi connectivity index (χ3n) is 5.01. The molecule has 11 heteroatoms. The molecule has 2 aromatic heterocycles. The molecule has 1 aliphatic heterocycles. The van der Waals surface area contributed by atoms with Crippen LogP contribution in [0.4, 0.5) is 0 Å². The molecule has 1 aliphatic rings. The van der Waals surface area contributed by atoms with E-state index in [9.17, 15) is 13.2 Å². The van der Waals surface area contributed by atoms with Gasteiger partial charge < -0.3 is 13.9 Å². The van der Waals surface area contributed by atoms with Crippen molar-refractivity contribution in [3.05, 3.63) is 47.2 Å². The van der Waals surface area contributed by atoms with Gasteiger partial charge >= 0.3 is 0 Å². The second-order valence-electron chi connectivity index (χ2n) is 7.06. The molecule has 0 saturated carbocycles. The summed E-state index contributed by atoms with van der Waals surface area (Å²) in [7, 11) is -3.71. The number of hydrogen-bond donors (Lipinski definition) is 0. The van der Waals surface area contributed by atoms with Gasteiger partial charge in [0.2, 0.25) is 21.7 Å². The lowest BCUT2D eigenvalue weighted by molar-refractivity contribution is 0.0698. The molecule has 0 bridgehead atoms. The number of aromatic nitrogens is 3. The molecule has 10 nitrogen and oxygen atoms in total. The zero-order valence-corrected chi connectivity index (χ0v) is 17.6. The molecule has 4 rings (SSSR count). The molecule has 0 spiro atoms. The van der Waals surface area contributed by atoms with Crippen molar-refractivity contribution in [1.82, 2.24) is 24.5 Å². The van der Waals surface area contributed by atoms with Crippen LogP contribution in [0.5, 0.6) is 0 Å². The molecule has 30 heavy (non-hydrogen) atoms. The minimum Gasteiger partial charge on any atom is -0.360 e. The van der Waals surface area contributed by atoms with Crippen LogP contribution in [0.2, 0.25) is 0 Å². The Morgan fingerprint density at radius 1 is 0.967 bits per heavy atom. The second-order valence-corrected chi connectivity index (χ2v) is 8.94. The molecule has 1 saturated heterocycles. The monoisotopic (exact) mass is 431 g/mol. The number of amides is 1. The van der Waals surface area contributed by atoms with E-state index in [-0.39, 0.29) is 29.7 Å². The summed E-state index contributed by atoms with van der Waals surface area (Å²) in [5.74, 6) is 1.04. The van der Waals surface area contributed by atoms with Gasteiger partial charge in [-0.05, 0) is 26.0 Å². The highest BCUT2D eigenvalue weighted by Crippen LogP contribution is 2.25. The van der Waals surface area contributed by atoms with Crippen molar-refractivity contribution >= 4 is 15.9 Å². The van der Waals surface area contributed by atoms with E-state index in [0.29, 0.717) is 36.1 Å². The highest BCUT2D eigenvalue weighted by molar-refractivity contribution is 7.89. The van der Waals surface area contributed by atoms with Gasteiger partial charge in [-0.1, -0.05) is 22.4 Å². The average Bonchev–Trinajstić information content (AvgIpc) is 3.33. The first kappa shape index (κ1) is 20.2. The molecule has 0 radical (unpaired) electrons. The molecule has 0 aliphatic carbocycles. The normalized spacial score (nSPS) is 15.5. The topological polar surface area (TPSA) is 123 Å². The molecule has 3 aromatic rings. The van der Waals surface area contributed by atoms with Crippen LogP contribution in [-0.2, 0) is 10.0 Å². The van der Waals surface area contributed by atoms with E-state index in [1.807, 2.05) is 0 Å². The van der Waals surface area contributed by atoms with Crippen LogP contribution in [0.25, 0.3) is 11.4 Å². The maximum Gasteiger partial charge on any atom is 0.253 e. The Balaban J connectivity index is 1.43. The second kappa shape index (κ2) is 7.65. The van der Waals surface area contributed by atoms with Gasteiger partial charge in [-0.3, -0.25) is 4.79 Å². The van der Waals surface area contributed by atoms with Gasteiger partial charge in [0.1, 0.15) is 10.6 Å². The predicted octanol–water partition coefficient (Wildman–Crippen LogP) is 1.80. The summed E-state index contributed by atoms with van der Waals surface area (Å²) in [6, 6.07) is 6.93. The minimum absolute atomic E-state index is 0.106.